The predicted octanol–water partition coefficient (Wildman–Crippen LogP) is 1.63. The number of hydroxylamine groups is 1. The van der Waals surface area contributed by atoms with E-state index in [1.165, 1.54) is 12.1 Å². The molecule has 0 saturated carbocycles. The molecule has 94 valence electrons. The van der Waals surface area contributed by atoms with Crippen molar-refractivity contribution < 1.29 is 17.7 Å². The minimum Gasteiger partial charge on any atom is -0.622 e. The van der Waals surface area contributed by atoms with Gasteiger partial charge in [-0.05, 0) is 12.1 Å². The quantitative estimate of drug-likeness (QED) is 0.207. The lowest BCUT2D eigenvalue weighted by Gasteiger charge is -2.21. The highest BCUT2D eigenvalue weighted by molar-refractivity contribution is 8.01. The Morgan fingerprint density at radius 2 is 1.71 bits per heavy atom. The van der Waals surface area contributed by atoms with E-state index in [-0.39, 0.29) is 5.56 Å². The van der Waals surface area contributed by atoms with E-state index in [1.807, 2.05) is 0 Å². The Labute approximate surface area is 101 Å². The van der Waals surface area contributed by atoms with E-state index in [4.69, 9.17) is 4.55 Å². The van der Waals surface area contributed by atoms with Crippen LogP contribution in [-0.2, 0) is 10.1 Å². The fourth-order valence-corrected chi connectivity index (χ4v) is 2.17. The van der Waals surface area contributed by atoms with Crippen molar-refractivity contribution in [2.75, 3.05) is 0 Å². The molecule has 0 saturated heterocycles. The number of nitrogens with zero attached hydrogens (tertiary/aromatic N) is 1. The van der Waals surface area contributed by atoms with Crippen molar-refractivity contribution in [3.05, 3.63) is 41.1 Å². The van der Waals surface area contributed by atoms with Crippen LogP contribution in [0.25, 0.3) is 0 Å². The van der Waals surface area contributed by atoms with Crippen LogP contribution in [0, 0.1) is 5.21 Å². The maximum absolute atomic E-state index is 12.0. The summed E-state index contributed by atoms with van der Waals surface area (Å²) in [6, 6.07) is 7.80. The van der Waals surface area contributed by atoms with Gasteiger partial charge in [0, 0.05) is 20.8 Å². The van der Waals surface area contributed by atoms with Crippen LogP contribution < -0.4 is 0 Å². The molecule has 0 aliphatic rings. The largest absolute Gasteiger partial charge is 0.622 e. The van der Waals surface area contributed by atoms with Gasteiger partial charge in [0.15, 0.2) is 5.54 Å². The topological polar surface area (TPSA) is 80.4 Å². The van der Waals surface area contributed by atoms with Gasteiger partial charge in [-0.2, -0.15) is 13.2 Å². The summed E-state index contributed by atoms with van der Waals surface area (Å²) in [6.07, 6.45) is 0. The van der Waals surface area contributed by atoms with Crippen molar-refractivity contribution in [2.24, 2.45) is 0 Å². The lowest BCUT2D eigenvalue weighted by Crippen LogP contribution is -2.37. The zero-order valence-corrected chi connectivity index (χ0v) is 10.7. The summed E-state index contributed by atoms with van der Waals surface area (Å²) in [4.78, 5) is 0. The van der Waals surface area contributed by atoms with Crippen LogP contribution in [0.1, 0.15) is 26.3 Å². The standard InChI is InChI=1S/C11H15NO4S/c1-11(2,3)12(13)10(17(14,15)16)9-7-5-4-6-8-9/h4-8H,1-3H3,(H,14,15,16). The average Bonchev–Trinajstić information content (AvgIpc) is 2.15. The fourth-order valence-electron chi connectivity index (χ4n) is 1.26. The molecule has 6 heteroatoms. The summed E-state index contributed by atoms with van der Waals surface area (Å²) in [5, 5.41) is 11.3. The first-order valence-corrected chi connectivity index (χ1v) is 6.45. The van der Waals surface area contributed by atoms with Gasteiger partial charge >= 0.3 is 15.2 Å². The van der Waals surface area contributed by atoms with Gasteiger partial charge in [-0.3, -0.25) is 4.55 Å². The van der Waals surface area contributed by atoms with E-state index in [1.54, 1.807) is 39.0 Å². The molecular formula is C11H15NO4S. The molecular weight excluding hydrogens is 242 g/mol. The van der Waals surface area contributed by atoms with Gasteiger partial charge in [-0.1, -0.05) is 18.2 Å². The molecule has 0 spiro atoms. The highest BCUT2D eigenvalue weighted by Gasteiger charge is 2.33. The van der Waals surface area contributed by atoms with Crippen molar-refractivity contribution >= 4 is 15.2 Å². The van der Waals surface area contributed by atoms with Crippen LogP contribution in [0.4, 0.5) is 0 Å². The zero-order valence-electron chi connectivity index (χ0n) is 9.91. The molecule has 0 radical (unpaired) electrons. The van der Waals surface area contributed by atoms with Gasteiger partial charge in [-0.25, -0.2) is 0 Å². The third-order valence-electron chi connectivity index (χ3n) is 2.06. The fraction of sp³-hybridized carbons (Fsp3) is 0.364. The van der Waals surface area contributed by atoms with Gasteiger partial charge in [0.2, 0.25) is 0 Å². The highest BCUT2D eigenvalue weighted by atomic mass is 32.2. The van der Waals surface area contributed by atoms with Gasteiger partial charge in [-0.15, -0.1) is 0 Å². The second-order valence-electron chi connectivity index (χ2n) is 4.61. The van der Waals surface area contributed by atoms with E-state index < -0.39 is 20.7 Å². The van der Waals surface area contributed by atoms with E-state index in [9.17, 15) is 13.6 Å². The third kappa shape index (κ3) is 3.28. The van der Waals surface area contributed by atoms with Gasteiger partial charge in [0.25, 0.3) is 0 Å². The number of hydrogen-bond donors (Lipinski definition) is 1. The minimum absolute atomic E-state index is 0.167. The molecule has 1 aromatic carbocycles. The first-order valence-electron chi connectivity index (χ1n) is 5.01. The number of benzene rings is 1. The Hall–Kier alpha value is -1.40. The van der Waals surface area contributed by atoms with E-state index in [0.29, 0.717) is 4.74 Å². The molecule has 0 heterocycles. The summed E-state index contributed by atoms with van der Waals surface area (Å²) in [6.45, 7) is 4.69. The Morgan fingerprint density at radius 3 is 2.06 bits per heavy atom. The van der Waals surface area contributed by atoms with Crippen molar-refractivity contribution in [3.63, 3.8) is 0 Å². The number of rotatable bonds is 1. The third-order valence-corrected chi connectivity index (χ3v) is 2.95. The molecule has 0 aliphatic heterocycles. The molecule has 0 amide bonds. The molecule has 0 fully saturated rings. The molecule has 1 aromatic rings. The molecule has 17 heavy (non-hydrogen) atoms. The summed E-state index contributed by atoms with van der Waals surface area (Å²) in [5.74, 6) is 0. The normalized spacial score (nSPS) is 14.4. The van der Waals surface area contributed by atoms with Crippen LogP contribution in [0.2, 0.25) is 0 Å². The van der Waals surface area contributed by atoms with Gasteiger partial charge in [0.05, 0.1) is 5.56 Å². The van der Waals surface area contributed by atoms with Crippen LogP contribution in [0.5, 0.6) is 0 Å². The molecule has 0 aromatic heterocycles. The monoisotopic (exact) mass is 257 g/mol. The molecule has 1 N–H and O–H groups in total. The first kappa shape index (κ1) is 13.7. The Morgan fingerprint density at radius 1 is 1.24 bits per heavy atom. The minimum atomic E-state index is -4.57. The Bertz CT molecular complexity index is 526. The summed E-state index contributed by atoms with van der Waals surface area (Å²) in [5.41, 5.74) is -0.791. The summed E-state index contributed by atoms with van der Waals surface area (Å²) < 4.78 is 32.1. The summed E-state index contributed by atoms with van der Waals surface area (Å²) >= 11 is 0. The van der Waals surface area contributed by atoms with Crippen LogP contribution >= 0.6 is 0 Å². The highest BCUT2D eigenvalue weighted by Crippen LogP contribution is 2.13. The van der Waals surface area contributed by atoms with E-state index in [0.717, 1.165) is 0 Å². The molecule has 0 unspecified atom stereocenters. The SMILES string of the molecule is CC(C)(C)[N+]([O-])=C(c1ccccc1)S(=O)(=O)O. The van der Waals surface area contributed by atoms with E-state index in [2.05, 4.69) is 0 Å². The maximum atomic E-state index is 12.0. The summed E-state index contributed by atoms with van der Waals surface area (Å²) in [7, 11) is -4.57. The van der Waals surface area contributed by atoms with Gasteiger partial charge < -0.3 is 5.21 Å². The first-order chi connectivity index (χ1) is 7.64. The second kappa shape index (κ2) is 4.46. The second-order valence-corrected chi connectivity index (χ2v) is 5.95. The molecule has 0 aliphatic carbocycles. The Balaban J connectivity index is 3.56. The lowest BCUT2D eigenvalue weighted by molar-refractivity contribution is -0.532. The van der Waals surface area contributed by atoms with Crippen molar-refractivity contribution in [3.8, 4) is 0 Å². The maximum Gasteiger partial charge on any atom is 0.356 e. The van der Waals surface area contributed by atoms with Crippen LogP contribution in [0.3, 0.4) is 0 Å². The smallest absolute Gasteiger partial charge is 0.356 e. The predicted molar refractivity (Wildman–Crippen MR) is 65.5 cm³/mol. The lowest BCUT2D eigenvalue weighted by atomic mass is 10.1. The van der Waals surface area contributed by atoms with Crippen molar-refractivity contribution in [2.45, 2.75) is 26.3 Å². The van der Waals surface area contributed by atoms with Crippen LogP contribution in [-0.4, -0.2) is 28.3 Å². The van der Waals surface area contributed by atoms with Crippen molar-refractivity contribution in [1.82, 2.24) is 0 Å². The van der Waals surface area contributed by atoms with Gasteiger partial charge in [0.1, 0.15) is 0 Å². The van der Waals surface area contributed by atoms with Crippen molar-refractivity contribution in [1.29, 1.82) is 0 Å². The Kier molecular flexibility index (Phi) is 3.59. The average molecular weight is 257 g/mol. The molecule has 0 atom stereocenters. The van der Waals surface area contributed by atoms with E-state index >= 15 is 0 Å². The zero-order chi connectivity index (χ0) is 13.3. The molecule has 5 nitrogen and oxygen atoms in total. The molecule has 0 bridgehead atoms. The van der Waals surface area contributed by atoms with Crippen LogP contribution in [0.15, 0.2) is 30.3 Å². The molecule has 1 rings (SSSR count). The number of hydrogen-bond acceptors (Lipinski definition) is 3.